The summed E-state index contributed by atoms with van der Waals surface area (Å²) >= 11 is 0. The monoisotopic (exact) mass is 887 g/mol. The number of likely N-dealkylation sites (tertiary alicyclic amines) is 1. The first-order chi connectivity index (χ1) is 29.1. The fourth-order valence-corrected chi connectivity index (χ4v) is 6.15. The highest BCUT2D eigenvalue weighted by Gasteiger charge is 2.40. The summed E-state index contributed by atoms with van der Waals surface area (Å²) in [6, 6.07) is -13.1. The van der Waals surface area contributed by atoms with Crippen LogP contribution in [0.3, 0.4) is 0 Å². The highest BCUT2D eigenvalue weighted by atomic mass is 16.4. The number of carboxylic acid groups (broad SMARTS) is 1. The number of aldehydes is 1. The molecule has 0 bridgehead atoms. The van der Waals surface area contributed by atoms with E-state index in [1.54, 1.807) is 41.5 Å². The molecule has 62 heavy (non-hydrogen) atoms. The van der Waals surface area contributed by atoms with Gasteiger partial charge in [0.15, 0.2) is 0 Å². The van der Waals surface area contributed by atoms with Crippen LogP contribution >= 0.6 is 0 Å². The van der Waals surface area contributed by atoms with E-state index in [0.29, 0.717) is 12.7 Å². The normalized spacial score (nSPS) is 18.5. The number of hydrogen-bond acceptors (Lipinski definition) is 15. The molecular weight excluding hydrogens is 822 g/mol. The second-order valence-corrected chi connectivity index (χ2v) is 15.5. The van der Waals surface area contributed by atoms with Crippen LogP contribution in [0.1, 0.15) is 73.6 Å². The highest BCUT2D eigenvalue weighted by Crippen LogP contribution is 2.20. The van der Waals surface area contributed by atoms with Gasteiger partial charge in [-0.15, -0.1) is 0 Å². The maximum absolute atomic E-state index is 13.7. The maximum Gasteiger partial charge on any atom is 0.305 e. The molecule has 1 aliphatic heterocycles. The van der Waals surface area contributed by atoms with Crippen molar-refractivity contribution in [2.75, 3.05) is 33.0 Å². The van der Waals surface area contributed by atoms with Gasteiger partial charge in [-0.05, 0) is 30.6 Å². The molecule has 0 aliphatic carbocycles. The van der Waals surface area contributed by atoms with Gasteiger partial charge in [-0.1, -0.05) is 54.4 Å². The Morgan fingerprint density at radius 3 is 1.48 bits per heavy atom. The Balaban J connectivity index is 3.23. The number of aliphatic carboxylic acids is 1. The molecule has 0 aromatic carbocycles. The van der Waals surface area contributed by atoms with Gasteiger partial charge in [0.1, 0.15) is 54.6 Å². The van der Waals surface area contributed by atoms with Crippen molar-refractivity contribution in [3.05, 3.63) is 0 Å². The molecule has 1 rings (SSSR count). The van der Waals surface area contributed by atoms with Crippen molar-refractivity contribution in [2.45, 2.75) is 128 Å². The Labute approximate surface area is 359 Å². The van der Waals surface area contributed by atoms with Gasteiger partial charge in [0.05, 0.1) is 38.9 Å². The SMILES string of the molecule is CC[C@H](C)[C@H](NC(=O)[C@H](CO)NC(=O)[C@@H](N)CO)C(=O)N[C@@H](CO)C(=O)N[C@@H](CC(=O)O)C(=O)N[C@H](C(=O)N[C@@H](CO)C(=O)N1CCC[C@H]1C(=O)N[C@H](C=O)C(C)C)[C@@H](C)CC. The van der Waals surface area contributed by atoms with Gasteiger partial charge < -0.3 is 78.2 Å². The first-order valence-electron chi connectivity index (χ1n) is 20.4. The average molecular weight is 888 g/mol. The van der Waals surface area contributed by atoms with E-state index in [1.165, 1.54) is 4.90 Å². The van der Waals surface area contributed by atoms with Crippen LogP contribution in [0.4, 0.5) is 0 Å². The van der Waals surface area contributed by atoms with Crippen molar-refractivity contribution in [1.29, 1.82) is 0 Å². The molecule has 0 saturated carbocycles. The van der Waals surface area contributed by atoms with E-state index in [-0.39, 0.29) is 31.7 Å². The van der Waals surface area contributed by atoms with E-state index in [9.17, 15) is 68.4 Å². The minimum Gasteiger partial charge on any atom is -0.481 e. The van der Waals surface area contributed by atoms with Gasteiger partial charge in [0.2, 0.25) is 47.3 Å². The van der Waals surface area contributed by atoms with Gasteiger partial charge in [0.25, 0.3) is 0 Å². The predicted octanol–water partition coefficient (Wildman–Crippen LogP) is -5.91. The van der Waals surface area contributed by atoms with Gasteiger partial charge in [-0.25, -0.2) is 0 Å². The molecule has 0 spiro atoms. The number of carbonyl (C=O) groups excluding carboxylic acids is 9. The minimum absolute atomic E-state index is 0.104. The third-order valence-corrected chi connectivity index (χ3v) is 10.6. The third kappa shape index (κ3) is 16.2. The zero-order valence-electron chi connectivity index (χ0n) is 35.9. The summed E-state index contributed by atoms with van der Waals surface area (Å²) in [5.41, 5.74) is 5.44. The number of aliphatic hydroxyl groups is 4. The largest absolute Gasteiger partial charge is 0.481 e. The zero-order chi connectivity index (χ0) is 47.4. The number of amides is 8. The molecule has 1 aliphatic rings. The van der Waals surface area contributed by atoms with Crippen molar-refractivity contribution in [2.24, 2.45) is 23.5 Å². The van der Waals surface area contributed by atoms with Crippen LogP contribution in [-0.2, 0) is 47.9 Å². The molecule has 0 unspecified atom stereocenters. The van der Waals surface area contributed by atoms with Gasteiger partial charge in [-0.3, -0.25) is 43.2 Å². The number of hydrogen-bond donors (Lipinski definition) is 13. The van der Waals surface area contributed by atoms with Crippen LogP contribution < -0.4 is 43.0 Å². The van der Waals surface area contributed by atoms with E-state index < -0.39 is 152 Å². The molecule has 0 radical (unpaired) electrons. The number of carbonyl (C=O) groups is 10. The van der Waals surface area contributed by atoms with E-state index in [4.69, 9.17) is 10.8 Å². The molecule has 8 amide bonds. The Morgan fingerprint density at radius 2 is 1.06 bits per heavy atom. The smallest absolute Gasteiger partial charge is 0.305 e. The lowest BCUT2D eigenvalue weighted by Crippen LogP contribution is -2.62. The first kappa shape index (κ1) is 54.7. The van der Waals surface area contributed by atoms with Crippen LogP contribution in [0.5, 0.6) is 0 Å². The van der Waals surface area contributed by atoms with Crippen molar-refractivity contribution in [3.8, 4) is 0 Å². The maximum atomic E-state index is 13.7. The van der Waals surface area contributed by atoms with Crippen molar-refractivity contribution in [3.63, 3.8) is 0 Å². The van der Waals surface area contributed by atoms with Gasteiger partial charge >= 0.3 is 5.97 Å². The highest BCUT2D eigenvalue weighted by molar-refractivity contribution is 5.99. The quantitative estimate of drug-likeness (QED) is 0.0342. The van der Waals surface area contributed by atoms with E-state index in [0.717, 1.165) is 0 Å². The molecule has 1 fully saturated rings. The van der Waals surface area contributed by atoms with Gasteiger partial charge in [0, 0.05) is 6.54 Å². The lowest BCUT2D eigenvalue weighted by molar-refractivity contribution is -0.144. The Morgan fingerprint density at radius 1 is 0.629 bits per heavy atom. The molecule has 1 saturated heterocycles. The molecular formula is C38H65N9O15. The lowest BCUT2D eigenvalue weighted by Gasteiger charge is -2.31. The molecule has 0 aromatic rings. The Kier molecular flexibility index (Phi) is 23.7. The first-order valence-corrected chi connectivity index (χ1v) is 20.4. The molecule has 0 aromatic heterocycles. The summed E-state index contributed by atoms with van der Waals surface area (Å²) in [6.45, 7) is 6.28. The van der Waals surface area contributed by atoms with Crippen molar-refractivity contribution < 1.29 is 73.5 Å². The number of rotatable bonds is 27. The number of carboxylic acids is 1. The predicted molar refractivity (Wildman–Crippen MR) is 217 cm³/mol. The topological polar surface area (TPSA) is 385 Å². The second-order valence-electron chi connectivity index (χ2n) is 15.5. The number of nitrogens with two attached hydrogens (primary N) is 1. The zero-order valence-corrected chi connectivity index (χ0v) is 35.9. The number of nitrogens with zero attached hydrogens (tertiary/aromatic N) is 1. The molecule has 24 heteroatoms. The Hall–Kier alpha value is -5.30. The molecule has 352 valence electrons. The summed E-state index contributed by atoms with van der Waals surface area (Å²) in [7, 11) is 0. The summed E-state index contributed by atoms with van der Waals surface area (Å²) in [4.78, 5) is 130. The van der Waals surface area contributed by atoms with Crippen LogP contribution in [0.2, 0.25) is 0 Å². The lowest BCUT2D eigenvalue weighted by atomic mass is 9.97. The van der Waals surface area contributed by atoms with Crippen LogP contribution in [0, 0.1) is 17.8 Å². The summed E-state index contributed by atoms with van der Waals surface area (Å²) in [5, 5.41) is 64.9. The third-order valence-electron chi connectivity index (χ3n) is 10.6. The van der Waals surface area contributed by atoms with Crippen LogP contribution in [-0.4, -0.2) is 177 Å². The fraction of sp³-hybridized carbons (Fsp3) is 0.737. The van der Waals surface area contributed by atoms with E-state index in [1.807, 2.05) is 0 Å². The fourth-order valence-electron chi connectivity index (χ4n) is 6.15. The molecule has 14 N–H and O–H groups in total. The molecule has 1 heterocycles. The number of nitrogens with one attached hydrogen (secondary N) is 7. The van der Waals surface area contributed by atoms with Crippen molar-refractivity contribution in [1.82, 2.24) is 42.1 Å². The summed E-state index contributed by atoms with van der Waals surface area (Å²) in [6.07, 6.45) is 0.721. The van der Waals surface area contributed by atoms with Crippen LogP contribution in [0.15, 0.2) is 0 Å². The van der Waals surface area contributed by atoms with Crippen LogP contribution in [0.25, 0.3) is 0 Å². The Bertz CT molecular complexity index is 1580. The molecule has 24 nitrogen and oxygen atoms in total. The van der Waals surface area contributed by atoms with Crippen molar-refractivity contribution >= 4 is 59.5 Å². The second kappa shape index (κ2) is 26.9. The average Bonchev–Trinajstić information content (AvgIpc) is 3.74. The number of aliphatic hydroxyl groups excluding tert-OH is 4. The van der Waals surface area contributed by atoms with E-state index >= 15 is 0 Å². The standard InChI is InChI=1S/C38H65N9O15/c1-7-19(5)29(46-34(58)25(16-51)42-31(55)21(39)13-48)36(60)43-24(15-50)33(57)40-22(12-28(53)54)32(56)45-30(20(6)8-2)37(61)44-26(17-52)38(62)47-11-9-10-27(47)35(59)41-23(14-49)18(3)4/h14,18-27,29-30,48,50-52H,7-13,15-17,39H2,1-6H3,(H,40,57)(H,41,59)(H,42,55)(H,43,60)(H,44,61)(H,45,56)(H,46,58)(H,53,54)/t19-,20-,21-,22-,23+,24-,25-,26-,27-,29-,30-/m0/s1. The van der Waals surface area contributed by atoms with Gasteiger partial charge in [-0.2, -0.15) is 0 Å². The minimum atomic E-state index is -1.91. The summed E-state index contributed by atoms with van der Waals surface area (Å²) in [5.74, 6) is -11.0. The summed E-state index contributed by atoms with van der Waals surface area (Å²) < 4.78 is 0. The molecule has 11 atom stereocenters. The van der Waals surface area contributed by atoms with E-state index in [2.05, 4.69) is 37.2 Å².